The van der Waals surface area contributed by atoms with Crippen LogP contribution in [0.25, 0.3) is 0 Å². The molecule has 0 radical (unpaired) electrons. The molecule has 110 valence electrons. The maximum absolute atomic E-state index is 12.5. The summed E-state index contributed by atoms with van der Waals surface area (Å²) in [7, 11) is 3.12. The quantitative estimate of drug-likeness (QED) is 0.860. The summed E-state index contributed by atoms with van der Waals surface area (Å²) in [6.45, 7) is 0.463. The van der Waals surface area contributed by atoms with Gasteiger partial charge in [0.25, 0.3) is 5.91 Å². The SMILES string of the molecule is COc1ccc(OC)c(C(=O)NC2(CN)CCCC2)c1. The van der Waals surface area contributed by atoms with Gasteiger partial charge in [-0.2, -0.15) is 0 Å². The van der Waals surface area contributed by atoms with Crippen LogP contribution < -0.4 is 20.5 Å². The minimum absolute atomic E-state index is 0.159. The molecule has 1 aliphatic rings. The average Bonchev–Trinajstić information content (AvgIpc) is 2.95. The maximum Gasteiger partial charge on any atom is 0.255 e. The van der Waals surface area contributed by atoms with Crippen LogP contribution >= 0.6 is 0 Å². The van der Waals surface area contributed by atoms with Gasteiger partial charge in [-0.3, -0.25) is 4.79 Å². The van der Waals surface area contributed by atoms with E-state index >= 15 is 0 Å². The smallest absolute Gasteiger partial charge is 0.255 e. The summed E-state index contributed by atoms with van der Waals surface area (Å²) in [6, 6.07) is 5.19. The predicted molar refractivity (Wildman–Crippen MR) is 77.3 cm³/mol. The highest BCUT2D eigenvalue weighted by Gasteiger charge is 2.34. The van der Waals surface area contributed by atoms with Crippen LogP contribution in [0.2, 0.25) is 0 Å². The Balaban J connectivity index is 2.23. The van der Waals surface area contributed by atoms with E-state index < -0.39 is 0 Å². The third-order valence-corrected chi connectivity index (χ3v) is 3.98. The number of methoxy groups -OCH3 is 2. The van der Waals surface area contributed by atoms with Gasteiger partial charge in [0.2, 0.25) is 0 Å². The number of amides is 1. The first-order chi connectivity index (χ1) is 9.64. The normalized spacial score (nSPS) is 16.8. The van der Waals surface area contributed by atoms with Crippen molar-refractivity contribution < 1.29 is 14.3 Å². The van der Waals surface area contributed by atoms with Gasteiger partial charge in [-0.1, -0.05) is 12.8 Å². The molecular formula is C15H22N2O3. The van der Waals surface area contributed by atoms with Gasteiger partial charge in [-0.05, 0) is 31.0 Å². The standard InChI is InChI=1S/C15H22N2O3/c1-19-11-5-6-13(20-2)12(9-11)14(18)17-15(10-16)7-3-4-8-15/h5-6,9H,3-4,7-8,10,16H2,1-2H3,(H,17,18). The molecule has 5 nitrogen and oxygen atoms in total. The van der Waals surface area contributed by atoms with Crippen LogP contribution in [0.4, 0.5) is 0 Å². The number of nitrogens with two attached hydrogens (primary N) is 1. The van der Waals surface area contributed by atoms with Gasteiger partial charge in [0.05, 0.1) is 25.3 Å². The topological polar surface area (TPSA) is 73.6 Å². The van der Waals surface area contributed by atoms with Gasteiger partial charge in [0, 0.05) is 6.54 Å². The summed E-state index contributed by atoms with van der Waals surface area (Å²) in [5, 5.41) is 3.08. The number of carbonyl (C=O) groups is 1. The number of nitrogens with one attached hydrogen (secondary N) is 1. The van der Waals surface area contributed by atoms with Crippen LogP contribution in [0.5, 0.6) is 11.5 Å². The van der Waals surface area contributed by atoms with E-state index in [1.54, 1.807) is 32.4 Å². The van der Waals surface area contributed by atoms with Gasteiger partial charge < -0.3 is 20.5 Å². The minimum Gasteiger partial charge on any atom is -0.497 e. The first kappa shape index (κ1) is 14.7. The lowest BCUT2D eigenvalue weighted by Crippen LogP contribution is -2.51. The molecule has 1 aromatic rings. The summed E-state index contributed by atoms with van der Waals surface area (Å²) >= 11 is 0. The van der Waals surface area contributed by atoms with Crippen LogP contribution in [0.15, 0.2) is 18.2 Å². The van der Waals surface area contributed by atoms with Crippen molar-refractivity contribution in [2.24, 2.45) is 5.73 Å². The van der Waals surface area contributed by atoms with E-state index in [4.69, 9.17) is 15.2 Å². The second-order valence-electron chi connectivity index (χ2n) is 5.21. The molecule has 0 aromatic heterocycles. The fraction of sp³-hybridized carbons (Fsp3) is 0.533. The van der Waals surface area contributed by atoms with E-state index in [-0.39, 0.29) is 11.4 Å². The number of ether oxygens (including phenoxy) is 2. The van der Waals surface area contributed by atoms with Crippen molar-refractivity contribution >= 4 is 5.91 Å². The van der Waals surface area contributed by atoms with Crippen molar-refractivity contribution in [2.45, 2.75) is 31.2 Å². The van der Waals surface area contributed by atoms with Gasteiger partial charge in [-0.25, -0.2) is 0 Å². The van der Waals surface area contributed by atoms with Gasteiger partial charge in [-0.15, -0.1) is 0 Å². The Kier molecular flexibility index (Phi) is 4.49. The second-order valence-corrected chi connectivity index (χ2v) is 5.21. The lowest BCUT2D eigenvalue weighted by Gasteiger charge is -2.29. The largest absolute Gasteiger partial charge is 0.497 e. The molecule has 0 atom stereocenters. The van der Waals surface area contributed by atoms with Crippen molar-refractivity contribution in [1.29, 1.82) is 0 Å². The summed E-state index contributed by atoms with van der Waals surface area (Å²) in [6.07, 6.45) is 4.07. The Morgan fingerprint density at radius 1 is 1.30 bits per heavy atom. The molecule has 5 heteroatoms. The number of rotatable bonds is 5. The lowest BCUT2D eigenvalue weighted by molar-refractivity contribution is 0.0899. The van der Waals surface area contributed by atoms with E-state index in [2.05, 4.69) is 5.32 Å². The molecule has 1 saturated carbocycles. The van der Waals surface area contributed by atoms with Crippen LogP contribution in [0.1, 0.15) is 36.0 Å². The molecule has 0 spiro atoms. The predicted octanol–water partition coefficient (Wildman–Crippen LogP) is 1.71. The average molecular weight is 278 g/mol. The Morgan fingerprint density at radius 2 is 2.00 bits per heavy atom. The molecule has 2 rings (SSSR count). The van der Waals surface area contributed by atoms with E-state index in [1.165, 1.54) is 0 Å². The molecule has 20 heavy (non-hydrogen) atoms. The summed E-state index contributed by atoms with van der Waals surface area (Å²) in [5.41, 5.74) is 6.06. The summed E-state index contributed by atoms with van der Waals surface area (Å²) < 4.78 is 10.4. The van der Waals surface area contributed by atoms with Gasteiger partial charge in [0.15, 0.2) is 0 Å². The molecule has 0 bridgehead atoms. The number of benzene rings is 1. The summed E-state index contributed by atoms with van der Waals surface area (Å²) in [5.74, 6) is 1.01. The number of hydrogen-bond donors (Lipinski definition) is 2. The molecule has 1 aromatic carbocycles. The Morgan fingerprint density at radius 3 is 2.55 bits per heavy atom. The van der Waals surface area contributed by atoms with Gasteiger partial charge >= 0.3 is 0 Å². The third kappa shape index (κ3) is 2.88. The fourth-order valence-electron chi connectivity index (χ4n) is 2.73. The molecule has 0 aliphatic heterocycles. The molecule has 1 aliphatic carbocycles. The number of hydrogen-bond acceptors (Lipinski definition) is 4. The molecule has 0 heterocycles. The first-order valence-corrected chi connectivity index (χ1v) is 6.89. The zero-order valence-electron chi connectivity index (χ0n) is 12.1. The third-order valence-electron chi connectivity index (χ3n) is 3.98. The van der Waals surface area contributed by atoms with Crippen molar-refractivity contribution in [3.63, 3.8) is 0 Å². The van der Waals surface area contributed by atoms with Crippen molar-refractivity contribution in [2.75, 3.05) is 20.8 Å². The van der Waals surface area contributed by atoms with Gasteiger partial charge in [0.1, 0.15) is 11.5 Å². The zero-order valence-corrected chi connectivity index (χ0v) is 12.1. The lowest BCUT2D eigenvalue weighted by atomic mass is 9.97. The Labute approximate surface area is 119 Å². The maximum atomic E-state index is 12.5. The molecule has 0 unspecified atom stereocenters. The van der Waals surface area contributed by atoms with Crippen molar-refractivity contribution in [1.82, 2.24) is 5.32 Å². The zero-order chi connectivity index (χ0) is 14.6. The molecule has 3 N–H and O–H groups in total. The molecular weight excluding hydrogens is 256 g/mol. The number of carbonyl (C=O) groups excluding carboxylic acids is 1. The minimum atomic E-state index is -0.273. The van der Waals surface area contributed by atoms with Crippen molar-refractivity contribution in [3.8, 4) is 11.5 Å². The molecule has 1 amide bonds. The van der Waals surface area contributed by atoms with Crippen LogP contribution in [0.3, 0.4) is 0 Å². The molecule has 0 saturated heterocycles. The highest BCUT2D eigenvalue weighted by atomic mass is 16.5. The summed E-state index contributed by atoms with van der Waals surface area (Å²) in [4.78, 5) is 12.5. The van der Waals surface area contributed by atoms with E-state index in [0.29, 0.717) is 23.6 Å². The monoisotopic (exact) mass is 278 g/mol. The van der Waals surface area contributed by atoms with Crippen LogP contribution in [-0.2, 0) is 0 Å². The van der Waals surface area contributed by atoms with E-state index in [9.17, 15) is 4.79 Å². The van der Waals surface area contributed by atoms with Crippen LogP contribution in [0, 0.1) is 0 Å². The highest BCUT2D eigenvalue weighted by molar-refractivity contribution is 5.97. The van der Waals surface area contributed by atoms with E-state index in [1.807, 2.05) is 0 Å². The second kappa shape index (κ2) is 6.13. The fourth-order valence-corrected chi connectivity index (χ4v) is 2.73. The Hall–Kier alpha value is -1.75. The molecule has 1 fully saturated rings. The Bertz CT molecular complexity index is 482. The first-order valence-electron chi connectivity index (χ1n) is 6.89. The highest BCUT2D eigenvalue weighted by Crippen LogP contribution is 2.30. The van der Waals surface area contributed by atoms with E-state index in [0.717, 1.165) is 25.7 Å². The van der Waals surface area contributed by atoms with Crippen LogP contribution in [-0.4, -0.2) is 32.2 Å². The van der Waals surface area contributed by atoms with Crippen molar-refractivity contribution in [3.05, 3.63) is 23.8 Å².